The van der Waals surface area contributed by atoms with Crippen molar-refractivity contribution in [2.24, 2.45) is 0 Å². The number of rotatable bonds is 5. The van der Waals surface area contributed by atoms with Gasteiger partial charge in [0, 0.05) is 18.5 Å². The molecule has 1 heterocycles. The maximum absolute atomic E-state index is 11.8. The second kappa shape index (κ2) is 5.99. The molecule has 19 heavy (non-hydrogen) atoms. The summed E-state index contributed by atoms with van der Waals surface area (Å²) >= 11 is 0. The normalized spacial score (nSPS) is 10.4. The summed E-state index contributed by atoms with van der Waals surface area (Å²) in [5.41, 5.74) is 1.24. The number of hydrogen-bond donors (Lipinski definition) is 3. The van der Waals surface area contributed by atoms with Gasteiger partial charge in [-0.3, -0.25) is 9.89 Å². The number of amides is 1. The zero-order valence-corrected chi connectivity index (χ0v) is 10.7. The van der Waals surface area contributed by atoms with E-state index in [0.29, 0.717) is 17.7 Å². The van der Waals surface area contributed by atoms with Crippen LogP contribution in [0.4, 0.5) is 0 Å². The minimum absolute atomic E-state index is 0.138. The first-order valence-corrected chi connectivity index (χ1v) is 6.09. The van der Waals surface area contributed by atoms with Crippen LogP contribution in [0.3, 0.4) is 0 Å². The molecule has 2 rings (SSSR count). The lowest BCUT2D eigenvalue weighted by atomic mass is 10.1. The molecule has 1 aromatic carbocycles. The third-order valence-electron chi connectivity index (χ3n) is 2.80. The Kier molecular flexibility index (Phi) is 4.12. The Morgan fingerprint density at radius 3 is 3.00 bits per heavy atom. The molecule has 2 aromatic rings. The van der Waals surface area contributed by atoms with Crippen LogP contribution >= 0.6 is 0 Å². The lowest BCUT2D eigenvalue weighted by Gasteiger charge is -2.06. The Morgan fingerprint density at radius 2 is 2.32 bits per heavy atom. The van der Waals surface area contributed by atoms with Crippen LogP contribution in [0.15, 0.2) is 24.5 Å². The van der Waals surface area contributed by atoms with Crippen molar-refractivity contribution in [2.45, 2.75) is 19.8 Å². The average Bonchev–Trinajstić information content (AvgIpc) is 2.91. The molecule has 0 saturated heterocycles. The summed E-state index contributed by atoms with van der Waals surface area (Å²) in [7, 11) is 0. The van der Waals surface area contributed by atoms with Gasteiger partial charge in [-0.1, -0.05) is 0 Å². The highest BCUT2D eigenvalue weighted by atomic mass is 16.3. The topological polar surface area (TPSA) is 90.9 Å². The van der Waals surface area contributed by atoms with Gasteiger partial charge in [-0.25, -0.2) is 4.98 Å². The van der Waals surface area contributed by atoms with E-state index in [1.165, 1.54) is 12.4 Å². The van der Waals surface area contributed by atoms with Crippen LogP contribution in [0, 0.1) is 6.92 Å². The zero-order valence-electron chi connectivity index (χ0n) is 10.7. The third-order valence-corrected chi connectivity index (χ3v) is 2.80. The summed E-state index contributed by atoms with van der Waals surface area (Å²) in [6, 6.07) is 4.80. The molecule has 0 aliphatic heterocycles. The van der Waals surface area contributed by atoms with Crippen LogP contribution in [0.1, 0.15) is 28.2 Å². The molecule has 3 N–H and O–H groups in total. The summed E-state index contributed by atoms with van der Waals surface area (Å²) in [5.74, 6) is 0.872. The first kappa shape index (κ1) is 13.1. The fraction of sp³-hybridized carbons (Fsp3) is 0.308. The van der Waals surface area contributed by atoms with Gasteiger partial charge in [0.2, 0.25) is 0 Å². The van der Waals surface area contributed by atoms with Crippen LogP contribution in [-0.4, -0.2) is 32.7 Å². The van der Waals surface area contributed by atoms with Crippen molar-refractivity contribution in [3.05, 3.63) is 41.5 Å². The van der Waals surface area contributed by atoms with Gasteiger partial charge in [-0.15, -0.1) is 0 Å². The summed E-state index contributed by atoms with van der Waals surface area (Å²) < 4.78 is 0. The number of aryl methyl sites for hydroxylation is 2. The average molecular weight is 260 g/mol. The van der Waals surface area contributed by atoms with Gasteiger partial charge in [0.05, 0.1) is 0 Å². The first-order valence-electron chi connectivity index (χ1n) is 6.09. The van der Waals surface area contributed by atoms with Crippen LogP contribution in [-0.2, 0) is 6.42 Å². The summed E-state index contributed by atoms with van der Waals surface area (Å²) in [5, 5.41) is 18.7. The highest BCUT2D eigenvalue weighted by molar-refractivity contribution is 5.94. The van der Waals surface area contributed by atoms with E-state index in [4.69, 9.17) is 0 Å². The second-order valence-electron chi connectivity index (χ2n) is 4.29. The van der Waals surface area contributed by atoms with Crippen molar-refractivity contribution in [3.8, 4) is 5.75 Å². The number of nitrogens with one attached hydrogen (secondary N) is 2. The maximum Gasteiger partial charge on any atom is 0.251 e. The van der Waals surface area contributed by atoms with E-state index in [9.17, 15) is 9.90 Å². The van der Waals surface area contributed by atoms with Crippen molar-refractivity contribution < 1.29 is 9.90 Å². The smallest absolute Gasteiger partial charge is 0.251 e. The molecule has 0 fully saturated rings. The number of nitrogens with zero attached hydrogens (tertiary/aromatic N) is 2. The molecule has 0 aliphatic carbocycles. The molecule has 0 spiro atoms. The predicted molar refractivity (Wildman–Crippen MR) is 69.9 cm³/mol. The number of carbonyl (C=O) groups excluding carboxylic acids is 1. The van der Waals surface area contributed by atoms with Gasteiger partial charge in [0.1, 0.15) is 17.9 Å². The van der Waals surface area contributed by atoms with Crippen molar-refractivity contribution in [1.82, 2.24) is 20.5 Å². The van der Waals surface area contributed by atoms with E-state index in [-0.39, 0.29) is 11.7 Å². The quantitative estimate of drug-likeness (QED) is 0.704. The van der Waals surface area contributed by atoms with E-state index in [2.05, 4.69) is 20.5 Å². The van der Waals surface area contributed by atoms with Crippen molar-refractivity contribution in [3.63, 3.8) is 0 Å². The molecule has 1 aromatic heterocycles. The number of aromatic nitrogens is 3. The predicted octanol–water partition coefficient (Wildman–Crippen LogP) is 1.18. The lowest BCUT2D eigenvalue weighted by molar-refractivity contribution is 0.0953. The molecule has 1 amide bonds. The summed E-state index contributed by atoms with van der Waals surface area (Å²) in [6.45, 7) is 2.33. The number of hydrogen-bond acceptors (Lipinski definition) is 4. The Labute approximate surface area is 110 Å². The highest BCUT2D eigenvalue weighted by Crippen LogP contribution is 2.16. The van der Waals surface area contributed by atoms with Gasteiger partial charge >= 0.3 is 0 Å². The fourth-order valence-corrected chi connectivity index (χ4v) is 1.71. The molecule has 6 heteroatoms. The van der Waals surface area contributed by atoms with E-state index in [1.807, 2.05) is 0 Å². The molecular weight excluding hydrogens is 244 g/mol. The standard InChI is InChI=1S/C13H16N4O2/c1-9-7-10(4-5-11(9)18)13(19)14-6-2-3-12-15-8-16-17-12/h4-5,7-8,18H,2-3,6H2,1H3,(H,14,19)(H,15,16,17). The molecule has 0 saturated carbocycles. The monoisotopic (exact) mass is 260 g/mol. The number of phenolic OH excluding ortho intramolecular Hbond substituents is 1. The summed E-state index contributed by atoms with van der Waals surface area (Å²) in [4.78, 5) is 15.8. The van der Waals surface area contributed by atoms with Gasteiger partial charge in [0.25, 0.3) is 5.91 Å². The number of aromatic hydroxyl groups is 1. The van der Waals surface area contributed by atoms with Crippen molar-refractivity contribution >= 4 is 5.91 Å². The maximum atomic E-state index is 11.8. The number of H-pyrrole nitrogens is 1. The number of phenols is 1. The molecule has 0 bridgehead atoms. The second-order valence-corrected chi connectivity index (χ2v) is 4.29. The van der Waals surface area contributed by atoms with Gasteiger partial charge in [-0.05, 0) is 37.1 Å². The van der Waals surface area contributed by atoms with E-state index in [0.717, 1.165) is 18.7 Å². The number of aromatic amines is 1. The Balaban J connectivity index is 1.79. The Morgan fingerprint density at radius 1 is 1.47 bits per heavy atom. The van der Waals surface area contributed by atoms with Gasteiger partial charge < -0.3 is 10.4 Å². The fourth-order valence-electron chi connectivity index (χ4n) is 1.71. The molecule has 0 unspecified atom stereocenters. The van der Waals surface area contributed by atoms with E-state index in [1.54, 1.807) is 19.1 Å². The van der Waals surface area contributed by atoms with Crippen LogP contribution in [0.5, 0.6) is 5.75 Å². The minimum Gasteiger partial charge on any atom is -0.508 e. The van der Waals surface area contributed by atoms with E-state index >= 15 is 0 Å². The molecule has 0 aliphatic rings. The minimum atomic E-state index is -0.138. The summed E-state index contributed by atoms with van der Waals surface area (Å²) in [6.07, 6.45) is 3.00. The molecule has 0 radical (unpaired) electrons. The molecule has 0 atom stereocenters. The van der Waals surface area contributed by atoms with Crippen LogP contribution in [0.2, 0.25) is 0 Å². The number of benzene rings is 1. The zero-order chi connectivity index (χ0) is 13.7. The first-order chi connectivity index (χ1) is 9.16. The van der Waals surface area contributed by atoms with Gasteiger partial charge in [0.15, 0.2) is 0 Å². The van der Waals surface area contributed by atoms with Crippen LogP contribution < -0.4 is 5.32 Å². The Bertz CT molecular complexity index is 552. The van der Waals surface area contributed by atoms with E-state index < -0.39 is 0 Å². The molecular formula is C13H16N4O2. The highest BCUT2D eigenvalue weighted by Gasteiger charge is 2.06. The largest absolute Gasteiger partial charge is 0.508 e. The van der Waals surface area contributed by atoms with Gasteiger partial charge in [-0.2, -0.15) is 5.10 Å². The SMILES string of the molecule is Cc1cc(C(=O)NCCCc2ncn[nH]2)ccc1O. The molecule has 100 valence electrons. The lowest BCUT2D eigenvalue weighted by Crippen LogP contribution is -2.24. The third kappa shape index (κ3) is 3.54. The number of carbonyl (C=O) groups is 1. The van der Waals surface area contributed by atoms with Crippen molar-refractivity contribution in [1.29, 1.82) is 0 Å². The van der Waals surface area contributed by atoms with Crippen LogP contribution in [0.25, 0.3) is 0 Å². The molecule has 6 nitrogen and oxygen atoms in total. The Hall–Kier alpha value is -2.37. The van der Waals surface area contributed by atoms with Crippen molar-refractivity contribution in [2.75, 3.05) is 6.54 Å².